The molecule has 3 N–H and O–H groups in total. The normalized spacial score (nSPS) is 22.5. The molecule has 6 nitrogen and oxygen atoms in total. The molecule has 0 aliphatic carbocycles. The van der Waals surface area contributed by atoms with Crippen LogP contribution in [0.3, 0.4) is 0 Å². The van der Waals surface area contributed by atoms with Crippen LogP contribution in [-0.4, -0.2) is 41.8 Å². The lowest BCUT2D eigenvalue weighted by Gasteiger charge is -2.35. The van der Waals surface area contributed by atoms with Crippen LogP contribution in [0.2, 0.25) is 0 Å². The summed E-state index contributed by atoms with van der Waals surface area (Å²) < 4.78 is 5.57. The molecule has 6 heteroatoms. The van der Waals surface area contributed by atoms with E-state index in [2.05, 4.69) is 9.97 Å². The molecule has 2 unspecified atom stereocenters. The minimum Gasteiger partial charge on any atom is -0.373 e. The molecule has 1 saturated heterocycles. The van der Waals surface area contributed by atoms with Gasteiger partial charge in [-0.15, -0.1) is 0 Å². The number of aryl methyl sites for hydroxylation is 1. The number of ether oxygens (including phenoxy) is 1. The van der Waals surface area contributed by atoms with E-state index in [1.807, 2.05) is 11.8 Å². The van der Waals surface area contributed by atoms with Gasteiger partial charge in [-0.05, 0) is 13.8 Å². The highest BCUT2D eigenvalue weighted by Gasteiger charge is 2.24. The van der Waals surface area contributed by atoms with Crippen LogP contribution in [0.4, 0.5) is 5.82 Å². The van der Waals surface area contributed by atoms with Gasteiger partial charge in [0.2, 0.25) is 0 Å². The van der Waals surface area contributed by atoms with Crippen LogP contribution >= 0.6 is 0 Å². The Labute approximate surface area is 99.8 Å². The SMILES string of the molecule is Cc1nc(N2CCOC(C(C)N)C2)cc(=O)[nH]1. The van der Waals surface area contributed by atoms with Crippen molar-refractivity contribution in [3.05, 3.63) is 22.2 Å². The van der Waals surface area contributed by atoms with Crippen LogP contribution in [0.1, 0.15) is 12.7 Å². The second-order valence-electron chi connectivity index (χ2n) is 4.40. The molecule has 2 rings (SSSR count). The van der Waals surface area contributed by atoms with Gasteiger partial charge >= 0.3 is 0 Å². The fourth-order valence-corrected chi connectivity index (χ4v) is 1.93. The first-order chi connectivity index (χ1) is 8.06. The first-order valence-electron chi connectivity index (χ1n) is 5.76. The molecule has 2 heterocycles. The van der Waals surface area contributed by atoms with Crippen molar-refractivity contribution in [1.29, 1.82) is 0 Å². The standard InChI is InChI=1S/C11H18N4O2/c1-7(12)9-6-15(3-4-17-9)10-5-11(16)14-8(2)13-10/h5,7,9H,3-4,6,12H2,1-2H3,(H,13,14,16). The summed E-state index contributed by atoms with van der Waals surface area (Å²) in [5.41, 5.74) is 5.70. The summed E-state index contributed by atoms with van der Waals surface area (Å²) in [7, 11) is 0. The third-order valence-corrected chi connectivity index (χ3v) is 2.85. The van der Waals surface area contributed by atoms with Crippen LogP contribution in [-0.2, 0) is 4.74 Å². The topological polar surface area (TPSA) is 84.2 Å². The van der Waals surface area contributed by atoms with Crippen molar-refractivity contribution in [2.24, 2.45) is 5.73 Å². The number of nitrogens with two attached hydrogens (primary N) is 1. The van der Waals surface area contributed by atoms with Crippen LogP contribution in [0.5, 0.6) is 0 Å². The number of nitrogens with zero attached hydrogens (tertiary/aromatic N) is 2. The molecule has 1 aliphatic rings. The van der Waals surface area contributed by atoms with Gasteiger partial charge in [0.05, 0.1) is 12.7 Å². The minimum atomic E-state index is -0.128. The number of morpholine rings is 1. The average molecular weight is 238 g/mol. The Morgan fingerprint density at radius 3 is 3.12 bits per heavy atom. The lowest BCUT2D eigenvalue weighted by atomic mass is 10.1. The van der Waals surface area contributed by atoms with Crippen molar-refractivity contribution in [2.45, 2.75) is 26.0 Å². The molecule has 0 saturated carbocycles. The van der Waals surface area contributed by atoms with E-state index in [1.54, 1.807) is 6.92 Å². The molecule has 0 spiro atoms. The van der Waals surface area contributed by atoms with Gasteiger partial charge in [0.25, 0.3) is 5.56 Å². The molecule has 0 aromatic carbocycles. The van der Waals surface area contributed by atoms with Crippen molar-refractivity contribution in [3.63, 3.8) is 0 Å². The molecule has 17 heavy (non-hydrogen) atoms. The molecular weight excluding hydrogens is 220 g/mol. The number of rotatable bonds is 2. The Morgan fingerprint density at radius 1 is 1.71 bits per heavy atom. The van der Waals surface area contributed by atoms with E-state index in [0.29, 0.717) is 24.8 Å². The number of nitrogens with one attached hydrogen (secondary N) is 1. The maximum absolute atomic E-state index is 11.4. The van der Waals surface area contributed by atoms with Gasteiger partial charge in [0.1, 0.15) is 11.6 Å². The van der Waals surface area contributed by atoms with Gasteiger partial charge in [-0.3, -0.25) is 4.79 Å². The molecule has 0 radical (unpaired) electrons. The molecule has 1 aliphatic heterocycles. The molecule has 1 fully saturated rings. The number of anilines is 1. The molecule has 0 amide bonds. The Hall–Kier alpha value is -1.40. The number of aromatic amines is 1. The summed E-state index contributed by atoms with van der Waals surface area (Å²) in [6.45, 7) is 5.71. The highest BCUT2D eigenvalue weighted by atomic mass is 16.5. The monoisotopic (exact) mass is 238 g/mol. The average Bonchev–Trinajstić information content (AvgIpc) is 2.28. The van der Waals surface area contributed by atoms with E-state index in [4.69, 9.17) is 10.5 Å². The summed E-state index contributed by atoms with van der Waals surface area (Å²) >= 11 is 0. The van der Waals surface area contributed by atoms with E-state index in [-0.39, 0.29) is 17.7 Å². The fraction of sp³-hybridized carbons (Fsp3) is 0.636. The summed E-state index contributed by atoms with van der Waals surface area (Å²) in [4.78, 5) is 20.4. The summed E-state index contributed by atoms with van der Waals surface area (Å²) in [5.74, 6) is 1.32. The molecule has 94 valence electrons. The Balaban J connectivity index is 2.18. The van der Waals surface area contributed by atoms with Crippen molar-refractivity contribution in [1.82, 2.24) is 9.97 Å². The van der Waals surface area contributed by atoms with Crippen molar-refractivity contribution in [3.8, 4) is 0 Å². The van der Waals surface area contributed by atoms with Crippen LogP contribution < -0.4 is 16.2 Å². The minimum absolute atomic E-state index is 0.00913. The van der Waals surface area contributed by atoms with Crippen molar-refractivity contribution >= 4 is 5.82 Å². The van der Waals surface area contributed by atoms with E-state index < -0.39 is 0 Å². The second kappa shape index (κ2) is 4.85. The molecule has 2 atom stereocenters. The van der Waals surface area contributed by atoms with E-state index >= 15 is 0 Å². The van der Waals surface area contributed by atoms with Crippen molar-refractivity contribution < 1.29 is 4.74 Å². The number of hydrogen-bond donors (Lipinski definition) is 2. The zero-order chi connectivity index (χ0) is 12.4. The molecule has 0 bridgehead atoms. The lowest BCUT2D eigenvalue weighted by molar-refractivity contribution is 0.0273. The van der Waals surface area contributed by atoms with Gasteiger partial charge in [-0.2, -0.15) is 0 Å². The maximum atomic E-state index is 11.4. The third-order valence-electron chi connectivity index (χ3n) is 2.85. The summed E-state index contributed by atoms with van der Waals surface area (Å²) in [6.07, 6.45) is -0.00913. The first kappa shape index (κ1) is 12.1. The quantitative estimate of drug-likeness (QED) is 0.734. The zero-order valence-corrected chi connectivity index (χ0v) is 10.1. The predicted octanol–water partition coefficient (Wildman–Crippen LogP) is -0.369. The van der Waals surface area contributed by atoms with E-state index in [9.17, 15) is 4.79 Å². The largest absolute Gasteiger partial charge is 0.373 e. The lowest BCUT2D eigenvalue weighted by Crippen LogP contribution is -2.50. The maximum Gasteiger partial charge on any atom is 0.252 e. The Morgan fingerprint density at radius 2 is 2.47 bits per heavy atom. The molecular formula is C11H18N4O2. The van der Waals surface area contributed by atoms with Gasteiger partial charge < -0.3 is 20.4 Å². The molecule has 1 aromatic rings. The van der Waals surface area contributed by atoms with Crippen molar-refractivity contribution in [2.75, 3.05) is 24.6 Å². The first-order valence-corrected chi connectivity index (χ1v) is 5.76. The number of aromatic nitrogens is 2. The Bertz CT molecular complexity index is 443. The zero-order valence-electron chi connectivity index (χ0n) is 10.1. The van der Waals surface area contributed by atoms with Crippen LogP contribution in [0.25, 0.3) is 0 Å². The third kappa shape index (κ3) is 2.83. The summed E-state index contributed by atoms with van der Waals surface area (Å²) in [5, 5.41) is 0. The van der Waals surface area contributed by atoms with Gasteiger partial charge in [0.15, 0.2) is 0 Å². The highest BCUT2D eigenvalue weighted by molar-refractivity contribution is 5.38. The van der Waals surface area contributed by atoms with E-state index in [0.717, 1.165) is 6.54 Å². The smallest absolute Gasteiger partial charge is 0.252 e. The second-order valence-corrected chi connectivity index (χ2v) is 4.40. The molecule has 1 aromatic heterocycles. The fourth-order valence-electron chi connectivity index (χ4n) is 1.93. The van der Waals surface area contributed by atoms with Gasteiger partial charge in [0, 0.05) is 25.2 Å². The number of hydrogen-bond acceptors (Lipinski definition) is 5. The number of H-pyrrole nitrogens is 1. The predicted molar refractivity (Wildman–Crippen MR) is 65.2 cm³/mol. The van der Waals surface area contributed by atoms with Crippen LogP contribution in [0.15, 0.2) is 10.9 Å². The van der Waals surface area contributed by atoms with Gasteiger partial charge in [-0.25, -0.2) is 4.98 Å². The van der Waals surface area contributed by atoms with Crippen LogP contribution in [0, 0.1) is 6.92 Å². The van der Waals surface area contributed by atoms with E-state index in [1.165, 1.54) is 6.07 Å². The van der Waals surface area contributed by atoms with Gasteiger partial charge in [-0.1, -0.05) is 0 Å². The highest BCUT2D eigenvalue weighted by Crippen LogP contribution is 2.14. The summed E-state index contributed by atoms with van der Waals surface area (Å²) in [6, 6.07) is 1.48. The Kier molecular flexibility index (Phi) is 3.44.